The van der Waals surface area contributed by atoms with E-state index >= 15 is 0 Å². The summed E-state index contributed by atoms with van der Waals surface area (Å²) < 4.78 is 0. The summed E-state index contributed by atoms with van der Waals surface area (Å²) in [6.07, 6.45) is 0.783. The van der Waals surface area contributed by atoms with E-state index in [0.717, 1.165) is 16.7 Å². The van der Waals surface area contributed by atoms with Crippen molar-refractivity contribution in [1.29, 1.82) is 0 Å². The third-order valence-electron chi connectivity index (χ3n) is 4.69. The predicted octanol–water partition coefficient (Wildman–Crippen LogP) is 4.52. The highest BCUT2D eigenvalue weighted by molar-refractivity contribution is 6.30. The van der Waals surface area contributed by atoms with Crippen molar-refractivity contribution in [2.75, 3.05) is 0 Å². The molecule has 2 aromatic rings. The molecule has 0 bridgehead atoms. The van der Waals surface area contributed by atoms with E-state index in [1.165, 1.54) is 0 Å². The third-order valence-corrected chi connectivity index (χ3v) is 4.94. The number of hydrogen-bond donors (Lipinski definition) is 1. The van der Waals surface area contributed by atoms with Gasteiger partial charge in [-0.15, -0.1) is 0 Å². The van der Waals surface area contributed by atoms with Crippen LogP contribution in [0.3, 0.4) is 0 Å². The maximum Gasteiger partial charge on any atom is 0.243 e. The summed E-state index contributed by atoms with van der Waals surface area (Å²) in [4.78, 5) is 27.7. The molecule has 0 radical (unpaired) electrons. The molecule has 2 rings (SSSR count). The SMILES string of the molecule is CCC(C(=O)NC(C)C)N(Cc1ccccc1C)C(=O)Cc1ccc(Cl)cc1. The smallest absolute Gasteiger partial charge is 0.243 e. The van der Waals surface area contributed by atoms with Crippen molar-refractivity contribution in [3.8, 4) is 0 Å². The first-order valence-corrected chi connectivity index (χ1v) is 10.1. The maximum absolute atomic E-state index is 13.2. The third kappa shape index (κ3) is 6.10. The zero-order chi connectivity index (χ0) is 20.7. The number of carbonyl (C=O) groups excluding carboxylic acids is 2. The van der Waals surface area contributed by atoms with Crippen LogP contribution < -0.4 is 5.32 Å². The van der Waals surface area contributed by atoms with Crippen molar-refractivity contribution in [3.63, 3.8) is 0 Å². The van der Waals surface area contributed by atoms with E-state index in [1.54, 1.807) is 17.0 Å². The Bertz CT molecular complexity index is 803. The van der Waals surface area contributed by atoms with Gasteiger partial charge in [0.2, 0.25) is 11.8 Å². The van der Waals surface area contributed by atoms with Crippen molar-refractivity contribution in [2.24, 2.45) is 0 Å². The molecule has 0 aromatic heterocycles. The second-order valence-corrected chi connectivity index (χ2v) is 7.78. The van der Waals surface area contributed by atoms with Crippen LogP contribution in [-0.2, 0) is 22.6 Å². The molecule has 4 nitrogen and oxygen atoms in total. The summed E-state index contributed by atoms with van der Waals surface area (Å²) in [6, 6.07) is 14.7. The standard InChI is InChI=1S/C23H29ClN2O2/c1-5-21(23(28)25-16(2)3)26(15-19-9-7-6-8-17(19)4)22(27)14-18-10-12-20(24)13-11-18/h6-13,16,21H,5,14-15H2,1-4H3,(H,25,28). The Hall–Kier alpha value is -2.33. The lowest BCUT2D eigenvalue weighted by Crippen LogP contribution is -2.50. The van der Waals surface area contributed by atoms with Gasteiger partial charge in [0.15, 0.2) is 0 Å². The lowest BCUT2D eigenvalue weighted by molar-refractivity contribution is -0.141. The molecule has 2 amide bonds. The predicted molar refractivity (Wildman–Crippen MR) is 114 cm³/mol. The second-order valence-electron chi connectivity index (χ2n) is 7.34. The van der Waals surface area contributed by atoms with Crippen LogP contribution >= 0.6 is 11.6 Å². The first-order chi connectivity index (χ1) is 13.3. The van der Waals surface area contributed by atoms with E-state index < -0.39 is 6.04 Å². The molecule has 0 aliphatic rings. The molecule has 0 spiro atoms. The molecule has 0 heterocycles. The van der Waals surface area contributed by atoms with Crippen LogP contribution in [0.25, 0.3) is 0 Å². The number of nitrogens with zero attached hydrogens (tertiary/aromatic N) is 1. The number of aryl methyl sites for hydroxylation is 1. The molecule has 1 unspecified atom stereocenters. The van der Waals surface area contributed by atoms with E-state index in [1.807, 2.05) is 64.1 Å². The van der Waals surface area contributed by atoms with Crippen molar-refractivity contribution in [3.05, 3.63) is 70.2 Å². The molecular weight excluding hydrogens is 372 g/mol. The lowest BCUT2D eigenvalue weighted by Gasteiger charge is -2.31. The van der Waals surface area contributed by atoms with Crippen molar-refractivity contribution >= 4 is 23.4 Å². The Labute approximate surface area is 172 Å². The van der Waals surface area contributed by atoms with Crippen LogP contribution in [0, 0.1) is 6.92 Å². The molecule has 0 saturated heterocycles. The molecule has 150 valence electrons. The average molecular weight is 401 g/mol. The van der Waals surface area contributed by atoms with E-state index in [4.69, 9.17) is 11.6 Å². The Kier molecular flexibility index (Phi) is 8.06. The van der Waals surface area contributed by atoms with Gasteiger partial charge in [0.05, 0.1) is 6.42 Å². The molecular formula is C23H29ClN2O2. The van der Waals surface area contributed by atoms with Gasteiger partial charge in [-0.3, -0.25) is 9.59 Å². The number of rotatable bonds is 8. The van der Waals surface area contributed by atoms with Crippen LogP contribution in [0.5, 0.6) is 0 Å². The number of carbonyl (C=O) groups is 2. The maximum atomic E-state index is 13.2. The summed E-state index contributed by atoms with van der Waals surface area (Å²) in [7, 11) is 0. The van der Waals surface area contributed by atoms with Gasteiger partial charge >= 0.3 is 0 Å². The Morgan fingerprint density at radius 2 is 1.71 bits per heavy atom. The van der Waals surface area contributed by atoms with Crippen LogP contribution in [-0.4, -0.2) is 28.8 Å². The molecule has 2 aromatic carbocycles. The first-order valence-electron chi connectivity index (χ1n) is 9.70. The highest BCUT2D eigenvalue weighted by atomic mass is 35.5. The summed E-state index contributed by atoms with van der Waals surface area (Å²) in [5, 5.41) is 3.59. The van der Waals surface area contributed by atoms with Gasteiger partial charge in [0.25, 0.3) is 0 Å². The number of amides is 2. The van der Waals surface area contributed by atoms with Crippen LogP contribution in [0.15, 0.2) is 48.5 Å². The quantitative estimate of drug-likeness (QED) is 0.708. The number of halogens is 1. The number of benzene rings is 2. The fraction of sp³-hybridized carbons (Fsp3) is 0.391. The molecule has 1 atom stereocenters. The van der Waals surface area contributed by atoms with Gasteiger partial charge in [-0.05, 0) is 56.0 Å². The van der Waals surface area contributed by atoms with Crippen LogP contribution in [0.1, 0.15) is 43.9 Å². The average Bonchev–Trinajstić information content (AvgIpc) is 2.64. The van der Waals surface area contributed by atoms with Gasteiger partial charge in [-0.1, -0.05) is 54.9 Å². The molecule has 0 fully saturated rings. The summed E-state index contributed by atoms with van der Waals surface area (Å²) in [6.45, 7) is 8.21. The summed E-state index contributed by atoms with van der Waals surface area (Å²) in [5.41, 5.74) is 3.02. The lowest BCUT2D eigenvalue weighted by atomic mass is 10.0. The molecule has 0 saturated carbocycles. The largest absolute Gasteiger partial charge is 0.352 e. The molecule has 28 heavy (non-hydrogen) atoms. The van der Waals surface area contributed by atoms with Crippen molar-refractivity contribution in [1.82, 2.24) is 10.2 Å². The second kappa shape index (κ2) is 10.3. The Morgan fingerprint density at radius 3 is 2.29 bits per heavy atom. The monoisotopic (exact) mass is 400 g/mol. The fourth-order valence-electron chi connectivity index (χ4n) is 3.15. The minimum atomic E-state index is -0.512. The molecule has 5 heteroatoms. The molecule has 1 N–H and O–H groups in total. The highest BCUT2D eigenvalue weighted by Gasteiger charge is 2.29. The highest BCUT2D eigenvalue weighted by Crippen LogP contribution is 2.18. The van der Waals surface area contributed by atoms with E-state index in [9.17, 15) is 9.59 Å². The topological polar surface area (TPSA) is 49.4 Å². The Morgan fingerprint density at radius 1 is 1.07 bits per heavy atom. The zero-order valence-corrected chi connectivity index (χ0v) is 17.8. The number of nitrogens with one attached hydrogen (secondary N) is 1. The van der Waals surface area contributed by atoms with E-state index in [2.05, 4.69) is 5.32 Å². The van der Waals surface area contributed by atoms with Crippen molar-refractivity contribution in [2.45, 2.75) is 59.2 Å². The van der Waals surface area contributed by atoms with Gasteiger partial charge in [0.1, 0.15) is 6.04 Å². The fourth-order valence-corrected chi connectivity index (χ4v) is 3.28. The van der Waals surface area contributed by atoms with E-state index in [0.29, 0.717) is 18.0 Å². The van der Waals surface area contributed by atoms with Crippen LogP contribution in [0.2, 0.25) is 5.02 Å². The molecule has 0 aliphatic carbocycles. The number of hydrogen-bond acceptors (Lipinski definition) is 2. The minimum absolute atomic E-state index is 0.0215. The Balaban J connectivity index is 2.30. The summed E-state index contributed by atoms with van der Waals surface area (Å²) >= 11 is 5.95. The zero-order valence-electron chi connectivity index (χ0n) is 17.0. The van der Waals surface area contributed by atoms with Gasteiger partial charge in [-0.2, -0.15) is 0 Å². The minimum Gasteiger partial charge on any atom is -0.352 e. The van der Waals surface area contributed by atoms with Gasteiger partial charge in [-0.25, -0.2) is 0 Å². The summed E-state index contributed by atoms with van der Waals surface area (Å²) in [5.74, 6) is -0.188. The molecule has 0 aliphatic heterocycles. The van der Waals surface area contributed by atoms with Gasteiger partial charge < -0.3 is 10.2 Å². The van der Waals surface area contributed by atoms with E-state index in [-0.39, 0.29) is 24.3 Å². The normalized spacial score (nSPS) is 11.9. The van der Waals surface area contributed by atoms with Crippen molar-refractivity contribution < 1.29 is 9.59 Å². The van der Waals surface area contributed by atoms with Crippen LogP contribution in [0.4, 0.5) is 0 Å². The van der Waals surface area contributed by atoms with Gasteiger partial charge in [0, 0.05) is 17.6 Å². The first kappa shape index (κ1) is 22.0.